The lowest BCUT2D eigenvalue weighted by atomic mass is 10.0. The van der Waals surface area contributed by atoms with Crippen LogP contribution in [-0.4, -0.2) is 55.4 Å². The van der Waals surface area contributed by atoms with Gasteiger partial charge in [-0.05, 0) is 31.3 Å². The van der Waals surface area contributed by atoms with Crippen molar-refractivity contribution < 1.29 is 19.4 Å². The average Bonchev–Trinajstić information content (AvgIpc) is 2.90. The van der Waals surface area contributed by atoms with Gasteiger partial charge >= 0.3 is 5.97 Å². The van der Waals surface area contributed by atoms with E-state index in [1.54, 1.807) is 0 Å². The molecule has 2 unspecified atom stereocenters. The molecule has 110 valence electrons. The molecule has 0 saturated carbocycles. The van der Waals surface area contributed by atoms with E-state index in [-0.39, 0.29) is 12.6 Å². The molecule has 1 fully saturated rings. The lowest BCUT2D eigenvalue weighted by Crippen LogP contribution is -2.42. The van der Waals surface area contributed by atoms with Crippen LogP contribution in [0, 0.1) is 5.92 Å². The second-order valence-electron chi connectivity index (χ2n) is 4.83. The van der Waals surface area contributed by atoms with Gasteiger partial charge in [-0.25, -0.2) is 0 Å². The molecule has 1 aromatic carbocycles. The third-order valence-corrected chi connectivity index (χ3v) is 3.99. The first-order chi connectivity index (χ1) is 9.58. The second-order valence-corrected chi connectivity index (χ2v) is 5.75. The van der Waals surface area contributed by atoms with Crippen molar-refractivity contribution in [3.05, 3.63) is 28.7 Å². The van der Waals surface area contributed by atoms with Crippen molar-refractivity contribution in [1.29, 1.82) is 0 Å². The summed E-state index contributed by atoms with van der Waals surface area (Å²) in [7, 11) is 1.90. The summed E-state index contributed by atoms with van der Waals surface area (Å²) in [6.45, 7) is 1.93. The molecule has 0 radical (unpaired) electrons. The summed E-state index contributed by atoms with van der Waals surface area (Å²) in [5.74, 6) is -0.445. The summed E-state index contributed by atoms with van der Waals surface area (Å²) < 4.78 is 11.9. The van der Waals surface area contributed by atoms with Gasteiger partial charge in [0.15, 0.2) is 0 Å². The van der Waals surface area contributed by atoms with Gasteiger partial charge < -0.3 is 14.6 Å². The van der Waals surface area contributed by atoms with E-state index in [2.05, 4.69) is 15.9 Å². The highest BCUT2D eigenvalue weighted by molar-refractivity contribution is 9.10. The summed E-state index contributed by atoms with van der Waals surface area (Å²) >= 11 is 3.37. The van der Waals surface area contributed by atoms with E-state index in [1.165, 1.54) is 0 Å². The van der Waals surface area contributed by atoms with E-state index in [0.717, 1.165) is 10.2 Å². The van der Waals surface area contributed by atoms with Crippen LogP contribution in [0.1, 0.15) is 0 Å². The van der Waals surface area contributed by atoms with Crippen LogP contribution in [0.15, 0.2) is 28.7 Å². The first kappa shape index (κ1) is 15.3. The molecule has 0 bridgehead atoms. The summed E-state index contributed by atoms with van der Waals surface area (Å²) in [5, 5.41) is 9.12. The van der Waals surface area contributed by atoms with E-state index >= 15 is 0 Å². The van der Waals surface area contributed by atoms with Crippen LogP contribution in [0.3, 0.4) is 0 Å². The Labute approximate surface area is 126 Å². The second kappa shape index (κ2) is 7.06. The van der Waals surface area contributed by atoms with Crippen LogP contribution in [0.2, 0.25) is 0 Å². The number of carboxylic acids is 1. The molecule has 1 heterocycles. The molecule has 2 rings (SSSR count). The van der Waals surface area contributed by atoms with Crippen molar-refractivity contribution in [2.24, 2.45) is 5.92 Å². The Balaban J connectivity index is 1.78. The highest BCUT2D eigenvalue weighted by Gasteiger charge is 2.36. The van der Waals surface area contributed by atoms with E-state index in [1.807, 2.05) is 36.2 Å². The number of hydrogen-bond acceptors (Lipinski definition) is 4. The van der Waals surface area contributed by atoms with Crippen LogP contribution in [0.25, 0.3) is 0 Å². The van der Waals surface area contributed by atoms with Crippen LogP contribution in [-0.2, 0) is 9.53 Å². The van der Waals surface area contributed by atoms with Crippen LogP contribution in [0.4, 0.5) is 0 Å². The van der Waals surface area contributed by atoms with Gasteiger partial charge in [-0.15, -0.1) is 0 Å². The lowest BCUT2D eigenvalue weighted by molar-refractivity contribution is -0.143. The van der Waals surface area contributed by atoms with E-state index in [0.29, 0.717) is 19.8 Å². The number of rotatable bonds is 6. The fraction of sp³-hybridized carbons (Fsp3) is 0.500. The molecule has 1 N–H and O–H groups in total. The van der Waals surface area contributed by atoms with E-state index in [9.17, 15) is 4.79 Å². The summed E-state index contributed by atoms with van der Waals surface area (Å²) in [6.07, 6.45) is 0. The number of carbonyl (C=O) groups is 1. The first-order valence-corrected chi connectivity index (χ1v) is 7.26. The van der Waals surface area contributed by atoms with Gasteiger partial charge in [0, 0.05) is 17.1 Å². The maximum absolute atomic E-state index is 11.1. The zero-order valence-electron chi connectivity index (χ0n) is 11.3. The van der Waals surface area contributed by atoms with Gasteiger partial charge in [0.05, 0.1) is 19.1 Å². The van der Waals surface area contributed by atoms with Crippen molar-refractivity contribution in [3.8, 4) is 5.75 Å². The molecular weight excluding hydrogens is 326 g/mol. The Morgan fingerprint density at radius 1 is 1.45 bits per heavy atom. The zero-order chi connectivity index (χ0) is 14.5. The van der Waals surface area contributed by atoms with Gasteiger partial charge in [0.1, 0.15) is 12.4 Å². The Morgan fingerprint density at radius 2 is 2.15 bits per heavy atom. The minimum atomic E-state index is -0.798. The lowest BCUT2D eigenvalue weighted by Gasteiger charge is -2.25. The molecule has 0 aromatic heterocycles. The zero-order valence-corrected chi connectivity index (χ0v) is 12.9. The van der Waals surface area contributed by atoms with Crippen molar-refractivity contribution >= 4 is 21.9 Å². The average molecular weight is 344 g/mol. The molecule has 0 amide bonds. The monoisotopic (exact) mass is 343 g/mol. The van der Waals surface area contributed by atoms with Crippen LogP contribution < -0.4 is 4.74 Å². The smallest absolute Gasteiger partial charge is 0.310 e. The minimum absolute atomic E-state index is 0.0824. The number of carboxylic acid groups (broad SMARTS) is 1. The number of likely N-dealkylation sites (N-methyl/N-ethyl adjacent to an activating group) is 1. The van der Waals surface area contributed by atoms with Crippen LogP contribution >= 0.6 is 15.9 Å². The quantitative estimate of drug-likeness (QED) is 0.854. The third kappa shape index (κ3) is 3.94. The van der Waals surface area contributed by atoms with Crippen molar-refractivity contribution in [1.82, 2.24) is 4.90 Å². The predicted octanol–water partition coefficient (Wildman–Crippen LogP) is 1.86. The molecule has 0 aliphatic carbocycles. The minimum Gasteiger partial charge on any atom is -0.492 e. The van der Waals surface area contributed by atoms with Crippen molar-refractivity contribution in [2.75, 3.05) is 33.4 Å². The SMILES string of the molecule is CN(CCOc1ccc(Br)cc1)C1COCC1C(=O)O. The molecule has 1 aliphatic heterocycles. The van der Waals surface area contributed by atoms with Gasteiger partial charge in [-0.3, -0.25) is 9.69 Å². The standard InChI is InChI=1S/C14H18BrNO4/c1-16(13-9-19-8-12(13)14(17)18)6-7-20-11-4-2-10(15)3-5-11/h2-5,12-13H,6-9H2,1H3,(H,17,18). The van der Waals surface area contributed by atoms with Gasteiger partial charge in [-0.2, -0.15) is 0 Å². The van der Waals surface area contributed by atoms with Crippen molar-refractivity contribution in [2.45, 2.75) is 6.04 Å². The molecule has 1 aliphatic rings. The molecule has 6 heteroatoms. The van der Waals surface area contributed by atoms with Gasteiger partial charge in [0.25, 0.3) is 0 Å². The van der Waals surface area contributed by atoms with Crippen LogP contribution in [0.5, 0.6) is 5.75 Å². The maximum atomic E-state index is 11.1. The fourth-order valence-electron chi connectivity index (χ4n) is 2.22. The third-order valence-electron chi connectivity index (χ3n) is 3.46. The highest BCUT2D eigenvalue weighted by atomic mass is 79.9. The molecule has 0 spiro atoms. The Bertz CT molecular complexity index is 451. The summed E-state index contributed by atoms with van der Waals surface area (Å²) in [6, 6.07) is 7.54. The number of halogens is 1. The predicted molar refractivity (Wildman–Crippen MR) is 78.0 cm³/mol. The summed E-state index contributed by atoms with van der Waals surface area (Å²) in [4.78, 5) is 13.1. The largest absolute Gasteiger partial charge is 0.492 e. The molecule has 1 aromatic rings. The Morgan fingerprint density at radius 3 is 2.80 bits per heavy atom. The van der Waals surface area contributed by atoms with Gasteiger partial charge in [-0.1, -0.05) is 15.9 Å². The molecule has 1 saturated heterocycles. The number of aliphatic carboxylic acids is 1. The number of benzene rings is 1. The topological polar surface area (TPSA) is 59.0 Å². The molecular formula is C14H18BrNO4. The molecule has 2 atom stereocenters. The number of hydrogen-bond donors (Lipinski definition) is 1. The maximum Gasteiger partial charge on any atom is 0.310 e. The van der Waals surface area contributed by atoms with E-state index in [4.69, 9.17) is 14.6 Å². The number of nitrogens with zero attached hydrogens (tertiary/aromatic N) is 1. The Hall–Kier alpha value is -1.11. The molecule has 5 nitrogen and oxygen atoms in total. The van der Waals surface area contributed by atoms with E-state index < -0.39 is 11.9 Å². The Kier molecular flexibility index (Phi) is 5.39. The van der Waals surface area contributed by atoms with Crippen molar-refractivity contribution in [3.63, 3.8) is 0 Å². The highest BCUT2D eigenvalue weighted by Crippen LogP contribution is 2.19. The summed E-state index contributed by atoms with van der Waals surface area (Å²) in [5.41, 5.74) is 0. The normalized spacial score (nSPS) is 22.1. The fourth-order valence-corrected chi connectivity index (χ4v) is 2.48. The van der Waals surface area contributed by atoms with Gasteiger partial charge in [0.2, 0.25) is 0 Å². The molecule has 20 heavy (non-hydrogen) atoms. The first-order valence-electron chi connectivity index (χ1n) is 6.47. The number of ether oxygens (including phenoxy) is 2.